The summed E-state index contributed by atoms with van der Waals surface area (Å²) < 4.78 is 10.3. The fourth-order valence-electron chi connectivity index (χ4n) is 1.93. The minimum Gasteiger partial charge on any atom is -0.497 e. The number of rotatable bonds is 6. The minimum absolute atomic E-state index is 0.331. The maximum absolute atomic E-state index is 12.2. The lowest BCUT2D eigenvalue weighted by molar-refractivity contribution is -0.136. The van der Waals surface area contributed by atoms with E-state index < -0.39 is 0 Å². The van der Waals surface area contributed by atoms with Crippen molar-refractivity contribution < 1.29 is 14.3 Å². The molecule has 4 nitrogen and oxygen atoms in total. The molecule has 0 bridgehead atoms. The third-order valence-electron chi connectivity index (χ3n) is 3.05. The van der Waals surface area contributed by atoms with Crippen LogP contribution in [0.5, 0.6) is 5.75 Å². The van der Waals surface area contributed by atoms with Crippen LogP contribution in [0.25, 0.3) is 5.57 Å². The van der Waals surface area contributed by atoms with Crippen LogP contribution in [-0.4, -0.2) is 19.7 Å². The maximum Gasteiger partial charge on any atom is 0.340 e. The van der Waals surface area contributed by atoms with E-state index in [0.29, 0.717) is 12.2 Å². The molecule has 0 saturated carbocycles. The van der Waals surface area contributed by atoms with E-state index in [1.807, 2.05) is 54.6 Å². The van der Waals surface area contributed by atoms with Gasteiger partial charge in [-0.25, -0.2) is 4.79 Å². The molecule has 0 aromatic heterocycles. The van der Waals surface area contributed by atoms with Crippen molar-refractivity contribution in [1.29, 1.82) is 0 Å². The summed E-state index contributed by atoms with van der Waals surface area (Å²) in [5, 5.41) is 3.12. The van der Waals surface area contributed by atoms with Crippen molar-refractivity contribution in [2.45, 2.75) is 6.92 Å². The average Bonchev–Trinajstić information content (AvgIpc) is 2.57. The van der Waals surface area contributed by atoms with E-state index in [-0.39, 0.29) is 5.97 Å². The fraction of sp³-hybridized carbons (Fsp3) is 0.167. The van der Waals surface area contributed by atoms with Gasteiger partial charge in [-0.1, -0.05) is 30.3 Å². The molecule has 0 amide bonds. The molecule has 0 atom stereocenters. The number of ether oxygens (including phenoxy) is 2. The number of nitrogens with one attached hydrogen (secondary N) is 1. The van der Waals surface area contributed by atoms with Crippen LogP contribution in [-0.2, 0) is 9.53 Å². The molecule has 0 unspecified atom stereocenters. The van der Waals surface area contributed by atoms with Crippen LogP contribution in [0.3, 0.4) is 0 Å². The second kappa shape index (κ2) is 7.88. The summed E-state index contributed by atoms with van der Waals surface area (Å²) in [7, 11) is 1.61. The monoisotopic (exact) mass is 297 g/mol. The Labute approximate surface area is 130 Å². The van der Waals surface area contributed by atoms with Crippen molar-refractivity contribution in [1.82, 2.24) is 0 Å². The van der Waals surface area contributed by atoms with E-state index >= 15 is 0 Å². The highest BCUT2D eigenvalue weighted by Crippen LogP contribution is 2.20. The Morgan fingerprint density at radius 3 is 2.36 bits per heavy atom. The van der Waals surface area contributed by atoms with Crippen molar-refractivity contribution in [2.24, 2.45) is 0 Å². The zero-order chi connectivity index (χ0) is 15.8. The first-order chi connectivity index (χ1) is 10.7. The lowest BCUT2D eigenvalue weighted by Crippen LogP contribution is -2.08. The van der Waals surface area contributed by atoms with Crippen molar-refractivity contribution >= 4 is 17.2 Å². The van der Waals surface area contributed by atoms with E-state index in [4.69, 9.17) is 9.47 Å². The molecular weight excluding hydrogens is 278 g/mol. The SMILES string of the molecule is CCOC(=O)/C(=C/Nc1ccccc1)c1ccc(OC)cc1. The second-order valence-electron chi connectivity index (χ2n) is 4.52. The van der Waals surface area contributed by atoms with Gasteiger partial charge in [0, 0.05) is 11.9 Å². The van der Waals surface area contributed by atoms with Gasteiger partial charge in [-0.2, -0.15) is 0 Å². The van der Waals surface area contributed by atoms with Crippen LogP contribution in [0, 0.1) is 0 Å². The molecule has 0 spiro atoms. The predicted molar refractivity (Wildman–Crippen MR) is 87.7 cm³/mol. The summed E-state index contributed by atoms with van der Waals surface area (Å²) in [6.07, 6.45) is 1.66. The highest BCUT2D eigenvalue weighted by molar-refractivity contribution is 6.16. The molecule has 22 heavy (non-hydrogen) atoms. The first kappa shape index (κ1) is 15.6. The molecule has 0 fully saturated rings. The molecule has 0 saturated heterocycles. The Hall–Kier alpha value is -2.75. The van der Waals surface area contributed by atoms with Gasteiger partial charge in [-0.05, 0) is 36.8 Å². The molecule has 2 aromatic carbocycles. The van der Waals surface area contributed by atoms with Gasteiger partial charge >= 0.3 is 5.97 Å². The number of methoxy groups -OCH3 is 1. The highest BCUT2D eigenvalue weighted by Gasteiger charge is 2.13. The number of para-hydroxylation sites is 1. The van der Waals surface area contributed by atoms with E-state index in [9.17, 15) is 4.79 Å². The molecule has 0 aliphatic carbocycles. The summed E-state index contributed by atoms with van der Waals surface area (Å²) >= 11 is 0. The number of esters is 1. The van der Waals surface area contributed by atoms with Crippen molar-refractivity contribution in [3.8, 4) is 5.75 Å². The lowest BCUT2D eigenvalue weighted by atomic mass is 10.1. The Bertz CT molecular complexity index is 633. The molecule has 0 aliphatic heterocycles. The quantitative estimate of drug-likeness (QED) is 0.652. The molecule has 4 heteroatoms. The van der Waals surface area contributed by atoms with Gasteiger partial charge in [0.2, 0.25) is 0 Å². The molecule has 2 rings (SSSR count). The number of hydrogen-bond donors (Lipinski definition) is 1. The molecule has 2 aromatic rings. The minimum atomic E-state index is -0.365. The third kappa shape index (κ3) is 4.12. The molecule has 0 radical (unpaired) electrons. The summed E-state index contributed by atoms with van der Waals surface area (Å²) in [6.45, 7) is 2.12. The van der Waals surface area contributed by atoms with Crippen LogP contribution >= 0.6 is 0 Å². The van der Waals surface area contributed by atoms with Crippen LogP contribution in [0.1, 0.15) is 12.5 Å². The van der Waals surface area contributed by atoms with Gasteiger partial charge in [0.1, 0.15) is 5.75 Å². The number of anilines is 1. The smallest absolute Gasteiger partial charge is 0.340 e. The lowest BCUT2D eigenvalue weighted by Gasteiger charge is -2.09. The summed E-state index contributed by atoms with van der Waals surface area (Å²) in [5.74, 6) is 0.374. The fourth-order valence-corrected chi connectivity index (χ4v) is 1.93. The summed E-state index contributed by atoms with van der Waals surface area (Å²) in [5.41, 5.74) is 2.13. The molecule has 114 valence electrons. The van der Waals surface area contributed by atoms with Gasteiger partial charge in [-0.3, -0.25) is 0 Å². The average molecular weight is 297 g/mol. The van der Waals surface area contributed by atoms with E-state index in [2.05, 4.69) is 5.32 Å². The first-order valence-electron chi connectivity index (χ1n) is 7.08. The Morgan fingerprint density at radius 2 is 1.77 bits per heavy atom. The Kier molecular flexibility index (Phi) is 5.60. The highest BCUT2D eigenvalue weighted by atomic mass is 16.5. The Morgan fingerprint density at radius 1 is 1.09 bits per heavy atom. The molecule has 0 heterocycles. The van der Waals surface area contributed by atoms with Gasteiger partial charge in [0.15, 0.2) is 0 Å². The van der Waals surface area contributed by atoms with Crippen molar-refractivity contribution in [3.63, 3.8) is 0 Å². The number of benzene rings is 2. The maximum atomic E-state index is 12.2. The molecule has 0 aliphatic rings. The topological polar surface area (TPSA) is 47.6 Å². The van der Waals surface area contributed by atoms with Gasteiger partial charge in [0.05, 0.1) is 19.3 Å². The normalized spacial score (nSPS) is 10.9. The van der Waals surface area contributed by atoms with E-state index in [1.54, 1.807) is 20.2 Å². The van der Waals surface area contributed by atoms with Crippen LogP contribution in [0.4, 0.5) is 5.69 Å². The van der Waals surface area contributed by atoms with Crippen LogP contribution in [0.2, 0.25) is 0 Å². The van der Waals surface area contributed by atoms with Gasteiger partial charge in [-0.15, -0.1) is 0 Å². The number of hydrogen-bond acceptors (Lipinski definition) is 4. The third-order valence-corrected chi connectivity index (χ3v) is 3.05. The summed E-state index contributed by atoms with van der Waals surface area (Å²) in [6, 6.07) is 16.9. The first-order valence-corrected chi connectivity index (χ1v) is 7.08. The second-order valence-corrected chi connectivity index (χ2v) is 4.52. The number of carbonyl (C=O) groups excluding carboxylic acids is 1. The zero-order valence-corrected chi connectivity index (χ0v) is 12.7. The Balaban J connectivity index is 2.27. The number of carbonyl (C=O) groups is 1. The van der Waals surface area contributed by atoms with Crippen molar-refractivity contribution in [3.05, 3.63) is 66.4 Å². The summed E-state index contributed by atoms with van der Waals surface area (Å²) in [4.78, 5) is 12.2. The van der Waals surface area contributed by atoms with Crippen LogP contribution < -0.4 is 10.1 Å². The van der Waals surface area contributed by atoms with Crippen LogP contribution in [0.15, 0.2) is 60.8 Å². The largest absolute Gasteiger partial charge is 0.497 e. The molecular formula is C18H19NO3. The van der Waals surface area contributed by atoms with Gasteiger partial charge < -0.3 is 14.8 Å². The van der Waals surface area contributed by atoms with E-state index in [1.165, 1.54) is 0 Å². The standard InChI is InChI=1S/C18H19NO3/c1-3-22-18(20)17(13-19-15-7-5-4-6-8-15)14-9-11-16(21-2)12-10-14/h4-13,19H,3H2,1-2H3/b17-13+. The van der Waals surface area contributed by atoms with E-state index in [0.717, 1.165) is 17.0 Å². The predicted octanol–water partition coefficient (Wildman–Crippen LogP) is 3.71. The molecule has 1 N–H and O–H groups in total. The zero-order valence-electron chi connectivity index (χ0n) is 12.7. The van der Waals surface area contributed by atoms with Crippen molar-refractivity contribution in [2.75, 3.05) is 19.0 Å². The van der Waals surface area contributed by atoms with Gasteiger partial charge in [0.25, 0.3) is 0 Å².